The first-order valence-electron chi connectivity index (χ1n) is 10.4. The Morgan fingerprint density at radius 2 is 0.500 bits per heavy atom. The molecule has 12 rings (SSSR count). The lowest BCUT2D eigenvalue weighted by Gasteiger charge is -2.49. The quantitative estimate of drug-likeness (QED) is 0.666. The molecular formula is C21H20O. The molecule has 1 nitrogen and oxygen atoms in total. The number of carbonyl (C=O) groups is 1. The van der Waals surface area contributed by atoms with Gasteiger partial charge in [0.2, 0.25) is 0 Å². The minimum Gasteiger partial charge on any atom is -0.299 e. The Morgan fingerprint density at radius 1 is 0.318 bits per heavy atom. The van der Waals surface area contributed by atoms with Crippen LogP contribution in [0, 0.1) is 118 Å². The van der Waals surface area contributed by atoms with Gasteiger partial charge in [0.15, 0.2) is 0 Å². The van der Waals surface area contributed by atoms with Crippen LogP contribution in [0.2, 0.25) is 0 Å². The van der Waals surface area contributed by atoms with Crippen molar-refractivity contribution in [2.24, 2.45) is 118 Å². The molecule has 12 aliphatic rings. The Morgan fingerprint density at radius 3 is 0.773 bits per heavy atom. The summed E-state index contributed by atoms with van der Waals surface area (Å²) in [4.78, 5) is 13.5. The van der Waals surface area contributed by atoms with E-state index in [4.69, 9.17) is 0 Å². The first-order chi connectivity index (χ1) is 10.9. The largest absolute Gasteiger partial charge is 0.299 e. The SMILES string of the molecule is O=C1C2[C@@H]3C4C5[C@H]6C7C8[C@H]5[C@@H]5[C@@H]4C1[C@H]1C4C([C@H]7[C@H]([C@H]24)[C@H]63)[C@@H]8[C@@H]15. The van der Waals surface area contributed by atoms with Gasteiger partial charge in [-0.2, -0.15) is 0 Å². The molecule has 1 heteroatoms. The minimum atomic E-state index is 0.620. The van der Waals surface area contributed by atoms with Gasteiger partial charge in [0.05, 0.1) is 0 Å². The monoisotopic (exact) mass is 288 g/mol. The van der Waals surface area contributed by atoms with Crippen LogP contribution in [0.15, 0.2) is 0 Å². The third-order valence-corrected chi connectivity index (χ3v) is 13.4. The van der Waals surface area contributed by atoms with Crippen LogP contribution in [-0.4, -0.2) is 5.78 Å². The third-order valence-electron chi connectivity index (χ3n) is 13.4. The Balaban J connectivity index is 1.47. The average molecular weight is 288 g/mol. The van der Waals surface area contributed by atoms with E-state index in [1.165, 1.54) is 11.8 Å². The summed E-state index contributed by atoms with van der Waals surface area (Å²) in [5.41, 5.74) is 0. The molecule has 0 amide bonds. The molecule has 0 radical (unpaired) electrons. The van der Waals surface area contributed by atoms with E-state index in [0.29, 0.717) is 11.8 Å². The van der Waals surface area contributed by atoms with E-state index >= 15 is 0 Å². The Bertz CT molecular complexity index is 684. The van der Waals surface area contributed by atoms with E-state index in [2.05, 4.69) is 0 Å². The second-order valence-electron chi connectivity index (χ2n) is 11.8. The highest BCUT2D eigenvalue weighted by atomic mass is 16.1. The van der Waals surface area contributed by atoms with Gasteiger partial charge in [0.25, 0.3) is 0 Å². The van der Waals surface area contributed by atoms with Crippen LogP contribution in [0.3, 0.4) is 0 Å². The van der Waals surface area contributed by atoms with Crippen molar-refractivity contribution < 1.29 is 4.79 Å². The summed E-state index contributed by atoms with van der Waals surface area (Å²) in [6, 6.07) is 0. The molecule has 0 aromatic rings. The van der Waals surface area contributed by atoms with E-state index in [1.54, 1.807) is 0 Å². The molecule has 12 fully saturated rings. The summed E-state index contributed by atoms with van der Waals surface area (Å²) >= 11 is 0. The number of hydrogen-bond acceptors (Lipinski definition) is 1. The topological polar surface area (TPSA) is 17.1 Å². The Kier molecular flexibility index (Phi) is 0.854. The van der Waals surface area contributed by atoms with Crippen molar-refractivity contribution in [1.82, 2.24) is 0 Å². The number of rotatable bonds is 0. The van der Waals surface area contributed by atoms with Crippen molar-refractivity contribution in [2.75, 3.05) is 0 Å². The van der Waals surface area contributed by atoms with E-state index in [-0.39, 0.29) is 0 Å². The highest BCUT2D eigenvalue weighted by Crippen LogP contribution is 2.99. The number of hydrogen-bond donors (Lipinski definition) is 0. The fraction of sp³-hybridized carbons (Fsp3) is 0.952. The van der Waals surface area contributed by atoms with Gasteiger partial charge in [-0.05, 0) is 107 Å². The normalized spacial score (nSPS) is 99.9. The van der Waals surface area contributed by atoms with Crippen molar-refractivity contribution in [1.29, 1.82) is 0 Å². The lowest BCUT2D eigenvalue weighted by Crippen LogP contribution is -2.53. The third kappa shape index (κ3) is 0.448. The molecule has 8 unspecified atom stereocenters. The van der Waals surface area contributed by atoms with Crippen LogP contribution in [0.1, 0.15) is 0 Å². The van der Waals surface area contributed by atoms with Gasteiger partial charge >= 0.3 is 0 Å². The van der Waals surface area contributed by atoms with Crippen LogP contribution >= 0.6 is 0 Å². The predicted molar refractivity (Wildman–Crippen MR) is 74.8 cm³/mol. The van der Waals surface area contributed by atoms with Gasteiger partial charge in [-0.25, -0.2) is 0 Å². The van der Waals surface area contributed by atoms with Crippen LogP contribution in [0.4, 0.5) is 0 Å². The average Bonchev–Trinajstić information content (AvgIpc) is 3.20. The zero-order valence-corrected chi connectivity index (χ0v) is 12.5. The zero-order valence-electron chi connectivity index (χ0n) is 12.5. The van der Waals surface area contributed by atoms with E-state index in [1.807, 2.05) is 0 Å². The number of carbonyl (C=O) groups excluding carboxylic acids is 1. The molecule has 0 heterocycles. The maximum absolute atomic E-state index is 13.5. The standard InChI is InChI=1S/C21H20O/c22-21-19-15-9-3-1-2-5-7(3)13(15)17-11(5)12-6(2)8-4(1)10(9)16(19)14(8)18(12)20(17)21/h1-20H/t1?,2?,3-,4-,5-,6+,7?,8?,9+,10-,11+,12+,13?,14?,15+,16-,17+,18+,19?,20?/m1/s1. The summed E-state index contributed by atoms with van der Waals surface area (Å²) in [7, 11) is 0. The van der Waals surface area contributed by atoms with E-state index in [9.17, 15) is 4.79 Å². The first kappa shape index (κ1) is 9.23. The molecule has 12 saturated carbocycles. The maximum Gasteiger partial charge on any atom is 0.140 e. The molecular weight excluding hydrogens is 268 g/mol. The molecule has 0 aromatic heterocycles. The van der Waals surface area contributed by atoms with Crippen LogP contribution < -0.4 is 0 Å². The number of ketones is 1. The molecule has 0 N–H and O–H groups in total. The smallest absolute Gasteiger partial charge is 0.140 e. The molecule has 110 valence electrons. The predicted octanol–water partition coefficient (Wildman–Crippen LogP) is 2.03. The fourth-order valence-corrected chi connectivity index (χ4v) is 15.2. The Labute approximate surface area is 129 Å². The van der Waals surface area contributed by atoms with E-state index < -0.39 is 0 Å². The first-order valence-corrected chi connectivity index (χ1v) is 10.4. The van der Waals surface area contributed by atoms with Gasteiger partial charge in [-0.1, -0.05) is 0 Å². The molecule has 20 atom stereocenters. The van der Waals surface area contributed by atoms with Crippen molar-refractivity contribution in [3.63, 3.8) is 0 Å². The highest BCUT2D eigenvalue weighted by molar-refractivity contribution is 5.89. The van der Waals surface area contributed by atoms with Crippen molar-refractivity contribution in [3.8, 4) is 0 Å². The molecule has 0 saturated heterocycles. The molecule has 12 aliphatic carbocycles. The summed E-state index contributed by atoms with van der Waals surface area (Å²) < 4.78 is 0. The van der Waals surface area contributed by atoms with E-state index in [0.717, 1.165) is 100 Å². The lowest BCUT2D eigenvalue weighted by molar-refractivity contribution is -0.147. The molecule has 0 spiro atoms. The summed E-state index contributed by atoms with van der Waals surface area (Å²) in [5.74, 6) is 21.8. The van der Waals surface area contributed by atoms with Crippen LogP contribution in [-0.2, 0) is 4.79 Å². The van der Waals surface area contributed by atoms with Gasteiger partial charge < -0.3 is 0 Å². The van der Waals surface area contributed by atoms with Crippen molar-refractivity contribution in [2.45, 2.75) is 0 Å². The molecule has 22 heavy (non-hydrogen) atoms. The van der Waals surface area contributed by atoms with Gasteiger partial charge in [0.1, 0.15) is 5.78 Å². The molecule has 0 aliphatic heterocycles. The lowest BCUT2D eigenvalue weighted by atomic mass is 9.53. The maximum atomic E-state index is 13.5. The molecule has 0 aromatic carbocycles. The minimum absolute atomic E-state index is 0.620. The molecule has 2 bridgehead atoms. The van der Waals surface area contributed by atoms with Gasteiger partial charge in [-0.3, -0.25) is 4.79 Å². The summed E-state index contributed by atoms with van der Waals surface area (Å²) in [6.07, 6.45) is 0. The van der Waals surface area contributed by atoms with Crippen molar-refractivity contribution >= 4 is 5.78 Å². The second-order valence-corrected chi connectivity index (χ2v) is 11.8. The zero-order chi connectivity index (χ0) is 13.1. The van der Waals surface area contributed by atoms with Gasteiger partial charge in [-0.15, -0.1) is 0 Å². The number of Topliss-reactive ketones (excluding diaryl/α,β-unsaturated/α-hetero) is 1. The second kappa shape index (κ2) is 2.04. The van der Waals surface area contributed by atoms with Crippen molar-refractivity contribution in [3.05, 3.63) is 0 Å². The highest BCUT2D eigenvalue weighted by Gasteiger charge is 2.97. The van der Waals surface area contributed by atoms with Crippen LogP contribution in [0.5, 0.6) is 0 Å². The van der Waals surface area contributed by atoms with Gasteiger partial charge in [0, 0.05) is 11.8 Å². The summed E-state index contributed by atoms with van der Waals surface area (Å²) in [5, 5.41) is 0. The summed E-state index contributed by atoms with van der Waals surface area (Å²) in [6.45, 7) is 0. The Hall–Kier alpha value is -0.330. The fourth-order valence-electron chi connectivity index (χ4n) is 15.2. The van der Waals surface area contributed by atoms with Crippen LogP contribution in [0.25, 0.3) is 0 Å².